The number of phenols is 2. The number of phenolic OH excluding ortho intramolecular Hbond substituents is 2. The minimum atomic E-state index is -0.0895. The molecule has 3 N–H and O–H groups in total. The topological polar surface area (TPSA) is 61.7 Å². The van der Waals surface area contributed by atoms with Gasteiger partial charge in [0.2, 0.25) is 0 Å². The van der Waals surface area contributed by atoms with Crippen LogP contribution in [0.4, 0.5) is 5.69 Å². The number of para-hydroxylation sites is 1. The van der Waals surface area contributed by atoms with E-state index in [0.717, 1.165) is 16.8 Å². The maximum absolute atomic E-state index is 9.93. The lowest BCUT2D eigenvalue weighted by Crippen LogP contribution is -2.09. The fourth-order valence-corrected chi connectivity index (χ4v) is 2.21. The third-order valence-electron chi connectivity index (χ3n) is 3.33. The van der Waals surface area contributed by atoms with Crippen molar-refractivity contribution in [3.05, 3.63) is 53.6 Å². The summed E-state index contributed by atoms with van der Waals surface area (Å²) in [6.07, 6.45) is 0. The number of hydrogen-bond acceptors (Lipinski definition) is 4. The van der Waals surface area contributed by atoms with E-state index in [1.807, 2.05) is 38.1 Å². The van der Waals surface area contributed by atoms with Crippen LogP contribution < -0.4 is 5.32 Å². The van der Waals surface area contributed by atoms with Crippen LogP contribution in [-0.2, 0) is 11.3 Å². The Morgan fingerprint density at radius 1 is 1.14 bits per heavy atom. The Bertz CT molecular complexity index is 598. The summed E-state index contributed by atoms with van der Waals surface area (Å²) in [5.74, 6) is 0.137. The largest absolute Gasteiger partial charge is 0.508 e. The van der Waals surface area contributed by atoms with Crippen LogP contribution in [0.2, 0.25) is 0 Å². The van der Waals surface area contributed by atoms with E-state index in [2.05, 4.69) is 5.32 Å². The van der Waals surface area contributed by atoms with E-state index in [1.165, 1.54) is 6.07 Å². The zero-order valence-corrected chi connectivity index (χ0v) is 12.3. The minimum Gasteiger partial charge on any atom is -0.508 e. The highest BCUT2D eigenvalue weighted by Crippen LogP contribution is 2.30. The maximum atomic E-state index is 9.93. The van der Waals surface area contributed by atoms with Gasteiger partial charge < -0.3 is 20.3 Å². The molecule has 1 unspecified atom stereocenters. The molecule has 0 saturated heterocycles. The maximum Gasteiger partial charge on any atom is 0.124 e. The van der Waals surface area contributed by atoms with Crippen LogP contribution in [0.25, 0.3) is 0 Å². The number of aromatic hydroxyl groups is 2. The Balaban J connectivity index is 2.17. The summed E-state index contributed by atoms with van der Waals surface area (Å²) in [5, 5.41) is 22.7. The number of ether oxygens (including phenoxy) is 1. The van der Waals surface area contributed by atoms with Crippen LogP contribution in [0.15, 0.2) is 42.5 Å². The fourth-order valence-electron chi connectivity index (χ4n) is 2.21. The van der Waals surface area contributed by atoms with Crippen LogP contribution in [0.1, 0.15) is 31.0 Å². The van der Waals surface area contributed by atoms with Crippen LogP contribution >= 0.6 is 0 Å². The van der Waals surface area contributed by atoms with Crippen LogP contribution in [0, 0.1) is 0 Å². The molecule has 1 atom stereocenters. The van der Waals surface area contributed by atoms with Crippen molar-refractivity contribution in [3.63, 3.8) is 0 Å². The van der Waals surface area contributed by atoms with Gasteiger partial charge in [0, 0.05) is 29.5 Å². The Labute approximate surface area is 125 Å². The molecule has 112 valence electrons. The molecule has 0 saturated carbocycles. The molecule has 0 spiro atoms. The summed E-state index contributed by atoms with van der Waals surface area (Å²) < 4.78 is 5.46. The molecule has 0 heterocycles. The van der Waals surface area contributed by atoms with Crippen molar-refractivity contribution in [2.24, 2.45) is 0 Å². The molecular weight excluding hydrogens is 266 g/mol. The van der Waals surface area contributed by atoms with Gasteiger partial charge in [-0.3, -0.25) is 0 Å². The lowest BCUT2D eigenvalue weighted by Gasteiger charge is -2.19. The van der Waals surface area contributed by atoms with Gasteiger partial charge in [-0.15, -0.1) is 0 Å². The minimum absolute atomic E-state index is 0.0557. The number of nitrogens with one attached hydrogen (secondary N) is 1. The van der Waals surface area contributed by atoms with Gasteiger partial charge >= 0.3 is 0 Å². The molecule has 4 heteroatoms. The van der Waals surface area contributed by atoms with Gasteiger partial charge in [0.25, 0.3) is 0 Å². The summed E-state index contributed by atoms with van der Waals surface area (Å²) >= 11 is 0. The number of hydrogen-bond donors (Lipinski definition) is 3. The number of anilines is 1. The van der Waals surface area contributed by atoms with E-state index < -0.39 is 0 Å². The predicted molar refractivity (Wildman–Crippen MR) is 83.6 cm³/mol. The molecule has 4 nitrogen and oxygen atoms in total. The van der Waals surface area contributed by atoms with Gasteiger partial charge in [-0.05, 0) is 32.0 Å². The van der Waals surface area contributed by atoms with Crippen molar-refractivity contribution >= 4 is 5.69 Å². The zero-order valence-electron chi connectivity index (χ0n) is 12.3. The first kappa shape index (κ1) is 15.2. The Hall–Kier alpha value is -2.20. The summed E-state index contributed by atoms with van der Waals surface area (Å²) in [5.41, 5.74) is 2.79. The SMILES string of the molecule is CCOCc1ccccc1NC(C)c1ccc(O)cc1O. The van der Waals surface area contributed by atoms with Crippen LogP contribution in [0.5, 0.6) is 11.5 Å². The molecule has 2 aromatic rings. The molecule has 2 aromatic carbocycles. The molecule has 0 aromatic heterocycles. The fraction of sp³-hybridized carbons (Fsp3) is 0.294. The van der Waals surface area contributed by atoms with Crippen molar-refractivity contribution in [1.29, 1.82) is 0 Å². The molecule has 0 fully saturated rings. The van der Waals surface area contributed by atoms with E-state index in [9.17, 15) is 10.2 Å². The first-order valence-electron chi connectivity index (χ1n) is 7.06. The molecule has 0 radical (unpaired) electrons. The molecule has 0 aliphatic heterocycles. The Morgan fingerprint density at radius 2 is 1.90 bits per heavy atom. The number of rotatable bonds is 6. The molecule has 0 aliphatic rings. The lowest BCUT2D eigenvalue weighted by molar-refractivity contribution is 0.134. The Kier molecular flexibility index (Phi) is 5.06. The Morgan fingerprint density at radius 3 is 2.62 bits per heavy atom. The summed E-state index contributed by atoms with van der Waals surface area (Å²) in [6, 6.07) is 12.5. The van der Waals surface area contributed by atoms with E-state index in [0.29, 0.717) is 13.2 Å². The summed E-state index contributed by atoms with van der Waals surface area (Å²) in [7, 11) is 0. The summed E-state index contributed by atoms with van der Waals surface area (Å²) in [6.45, 7) is 5.15. The zero-order chi connectivity index (χ0) is 15.2. The van der Waals surface area contributed by atoms with Gasteiger partial charge in [0.1, 0.15) is 11.5 Å². The predicted octanol–water partition coefficient (Wildman–Crippen LogP) is 3.81. The van der Waals surface area contributed by atoms with Gasteiger partial charge in [0.05, 0.1) is 12.6 Å². The lowest BCUT2D eigenvalue weighted by atomic mass is 10.1. The smallest absolute Gasteiger partial charge is 0.124 e. The normalized spacial score (nSPS) is 12.1. The average molecular weight is 287 g/mol. The molecule has 0 bridgehead atoms. The van der Waals surface area contributed by atoms with Crippen molar-refractivity contribution in [1.82, 2.24) is 0 Å². The van der Waals surface area contributed by atoms with Gasteiger partial charge in [0.15, 0.2) is 0 Å². The second-order valence-electron chi connectivity index (χ2n) is 4.90. The first-order chi connectivity index (χ1) is 10.1. The molecular formula is C17H21NO3. The van der Waals surface area contributed by atoms with E-state index in [1.54, 1.807) is 12.1 Å². The highest BCUT2D eigenvalue weighted by molar-refractivity contribution is 5.53. The summed E-state index contributed by atoms with van der Waals surface area (Å²) in [4.78, 5) is 0. The second kappa shape index (κ2) is 6.99. The first-order valence-corrected chi connectivity index (χ1v) is 7.06. The van der Waals surface area contributed by atoms with Crippen molar-refractivity contribution < 1.29 is 14.9 Å². The molecule has 21 heavy (non-hydrogen) atoms. The highest BCUT2D eigenvalue weighted by Gasteiger charge is 2.12. The van der Waals surface area contributed by atoms with Gasteiger partial charge in [-0.2, -0.15) is 0 Å². The van der Waals surface area contributed by atoms with E-state index in [4.69, 9.17) is 4.74 Å². The monoisotopic (exact) mass is 287 g/mol. The van der Waals surface area contributed by atoms with E-state index in [-0.39, 0.29) is 17.5 Å². The third-order valence-corrected chi connectivity index (χ3v) is 3.33. The molecule has 0 aliphatic carbocycles. The van der Waals surface area contributed by atoms with Crippen LogP contribution in [0.3, 0.4) is 0 Å². The standard InChI is InChI=1S/C17H21NO3/c1-3-21-11-13-6-4-5-7-16(13)18-12(2)15-9-8-14(19)10-17(15)20/h4-10,12,18-20H,3,11H2,1-2H3. The molecule has 2 rings (SSSR count). The quantitative estimate of drug-likeness (QED) is 0.756. The number of benzene rings is 2. The second-order valence-corrected chi connectivity index (χ2v) is 4.90. The van der Waals surface area contributed by atoms with Crippen LogP contribution in [-0.4, -0.2) is 16.8 Å². The van der Waals surface area contributed by atoms with Gasteiger partial charge in [-0.1, -0.05) is 18.2 Å². The van der Waals surface area contributed by atoms with Gasteiger partial charge in [-0.25, -0.2) is 0 Å². The third kappa shape index (κ3) is 3.89. The highest BCUT2D eigenvalue weighted by atomic mass is 16.5. The van der Waals surface area contributed by atoms with Crippen molar-refractivity contribution in [2.45, 2.75) is 26.5 Å². The van der Waals surface area contributed by atoms with Crippen molar-refractivity contribution in [2.75, 3.05) is 11.9 Å². The van der Waals surface area contributed by atoms with Crippen molar-refractivity contribution in [3.8, 4) is 11.5 Å². The molecule has 0 amide bonds. The van der Waals surface area contributed by atoms with E-state index >= 15 is 0 Å². The average Bonchev–Trinajstić information content (AvgIpc) is 2.46.